The largest absolute Gasteiger partial charge is 0.268 e. The van der Waals surface area contributed by atoms with Gasteiger partial charge in [0.15, 0.2) is 0 Å². The molecule has 4 heteroatoms. The van der Waals surface area contributed by atoms with Crippen LogP contribution in [0.15, 0.2) is 70.5 Å². The molecule has 0 radical (unpaired) electrons. The van der Waals surface area contributed by atoms with Crippen molar-refractivity contribution in [1.82, 2.24) is 9.55 Å². The molecule has 23 heavy (non-hydrogen) atoms. The van der Waals surface area contributed by atoms with Crippen LogP contribution in [-0.2, 0) is 0 Å². The molecular weight excluding hydrogens is 352 g/mol. The first-order valence-corrected chi connectivity index (χ1v) is 8.30. The number of benzene rings is 2. The Bertz CT molecular complexity index is 930. The normalized spacial score (nSPS) is 12.3. The summed E-state index contributed by atoms with van der Waals surface area (Å²) in [4.78, 5) is 17.9. The molecule has 3 rings (SSSR count). The average Bonchev–Trinajstić information content (AvgIpc) is 2.56. The third kappa shape index (κ3) is 2.86. The van der Waals surface area contributed by atoms with E-state index in [1.165, 1.54) is 0 Å². The van der Waals surface area contributed by atoms with E-state index in [9.17, 15) is 4.79 Å². The van der Waals surface area contributed by atoms with E-state index in [4.69, 9.17) is 4.98 Å². The van der Waals surface area contributed by atoms with Crippen molar-refractivity contribution in [2.45, 2.75) is 19.3 Å². The maximum atomic E-state index is 13.1. The van der Waals surface area contributed by atoms with Gasteiger partial charge in [0.05, 0.1) is 16.6 Å². The van der Waals surface area contributed by atoms with E-state index in [0.29, 0.717) is 5.39 Å². The summed E-state index contributed by atoms with van der Waals surface area (Å²) < 4.78 is 2.58. The van der Waals surface area contributed by atoms with Crippen molar-refractivity contribution in [3.05, 3.63) is 81.8 Å². The minimum Gasteiger partial charge on any atom is -0.268 e. The fourth-order valence-corrected chi connectivity index (χ4v) is 3.16. The number of fused-ring (bicyclic) bond motifs is 1. The van der Waals surface area contributed by atoms with Gasteiger partial charge in [-0.2, -0.15) is 0 Å². The van der Waals surface area contributed by atoms with Gasteiger partial charge in [-0.25, -0.2) is 4.98 Å². The molecule has 0 saturated heterocycles. The third-order valence-corrected chi connectivity index (χ3v) is 4.53. The highest BCUT2D eigenvalue weighted by atomic mass is 79.9. The molecule has 0 bridgehead atoms. The molecule has 0 aliphatic carbocycles. The molecule has 3 aromatic rings. The highest BCUT2D eigenvalue weighted by molar-refractivity contribution is 9.10. The van der Waals surface area contributed by atoms with Crippen LogP contribution in [0, 0.1) is 0 Å². The third-order valence-electron chi connectivity index (χ3n) is 3.86. The molecule has 0 amide bonds. The van der Waals surface area contributed by atoms with Crippen molar-refractivity contribution in [3.8, 4) is 5.69 Å². The van der Waals surface area contributed by atoms with Crippen LogP contribution in [0.5, 0.6) is 0 Å². The molecule has 0 fully saturated rings. The molecule has 1 aromatic heterocycles. The maximum Gasteiger partial charge on any atom is 0.266 e. The number of hydrogen-bond donors (Lipinski definition) is 0. The summed E-state index contributed by atoms with van der Waals surface area (Å²) in [5.74, 6) is 0.845. The number of rotatable bonds is 4. The van der Waals surface area contributed by atoms with Gasteiger partial charge in [0.2, 0.25) is 0 Å². The first-order chi connectivity index (χ1) is 11.1. The topological polar surface area (TPSA) is 34.9 Å². The number of hydrogen-bond acceptors (Lipinski definition) is 2. The lowest BCUT2D eigenvalue weighted by atomic mass is 10.1. The first kappa shape index (κ1) is 15.7. The zero-order chi connectivity index (χ0) is 16.4. The van der Waals surface area contributed by atoms with Gasteiger partial charge < -0.3 is 0 Å². The van der Waals surface area contributed by atoms with E-state index in [-0.39, 0.29) is 11.5 Å². The molecule has 0 aliphatic heterocycles. The van der Waals surface area contributed by atoms with Crippen LogP contribution >= 0.6 is 15.9 Å². The van der Waals surface area contributed by atoms with Gasteiger partial charge in [-0.15, -0.1) is 6.58 Å². The average molecular weight is 369 g/mol. The summed E-state index contributed by atoms with van der Waals surface area (Å²) in [7, 11) is 0. The smallest absolute Gasteiger partial charge is 0.266 e. The zero-order valence-electron chi connectivity index (χ0n) is 12.9. The summed E-state index contributed by atoms with van der Waals surface area (Å²) in [5.41, 5.74) is 1.49. The summed E-state index contributed by atoms with van der Waals surface area (Å²) in [5, 5.41) is 0.623. The Morgan fingerprint density at radius 3 is 2.65 bits per heavy atom. The van der Waals surface area contributed by atoms with Crippen molar-refractivity contribution in [3.63, 3.8) is 0 Å². The highest BCUT2D eigenvalue weighted by Crippen LogP contribution is 2.26. The molecule has 0 unspecified atom stereocenters. The second-order valence-corrected chi connectivity index (χ2v) is 6.36. The van der Waals surface area contributed by atoms with E-state index in [1.54, 1.807) is 4.57 Å². The molecule has 0 saturated carbocycles. The second-order valence-electron chi connectivity index (χ2n) is 5.50. The van der Waals surface area contributed by atoms with Crippen LogP contribution in [0.3, 0.4) is 0 Å². The molecule has 1 atom stereocenters. The second kappa shape index (κ2) is 6.50. The lowest BCUT2D eigenvalue weighted by Crippen LogP contribution is -2.25. The molecule has 0 N–H and O–H groups in total. The Hall–Kier alpha value is -2.20. The highest BCUT2D eigenvalue weighted by Gasteiger charge is 2.18. The van der Waals surface area contributed by atoms with Crippen molar-refractivity contribution in [1.29, 1.82) is 0 Å². The summed E-state index contributed by atoms with van der Waals surface area (Å²) >= 11 is 3.55. The summed E-state index contributed by atoms with van der Waals surface area (Å²) in [6.07, 6.45) is 2.62. The fraction of sp³-hybridized carbons (Fsp3) is 0.158. The minimum atomic E-state index is -0.0478. The van der Waals surface area contributed by atoms with Gasteiger partial charge in [0, 0.05) is 10.4 Å². The van der Waals surface area contributed by atoms with Gasteiger partial charge in [0.1, 0.15) is 5.82 Å². The van der Waals surface area contributed by atoms with Gasteiger partial charge in [-0.1, -0.05) is 37.3 Å². The number of aromatic nitrogens is 2. The van der Waals surface area contributed by atoms with E-state index >= 15 is 0 Å². The molecule has 3 nitrogen and oxygen atoms in total. The molecule has 2 aromatic carbocycles. The number of allylic oxidation sites excluding steroid dienone is 1. The quantitative estimate of drug-likeness (QED) is 0.618. The number of halogens is 1. The Kier molecular flexibility index (Phi) is 4.44. The Morgan fingerprint density at radius 2 is 1.91 bits per heavy atom. The van der Waals surface area contributed by atoms with Gasteiger partial charge in [-0.05, 0) is 46.6 Å². The predicted molar refractivity (Wildman–Crippen MR) is 98.3 cm³/mol. The minimum absolute atomic E-state index is 0.0478. The Labute approximate surface area is 143 Å². The zero-order valence-corrected chi connectivity index (χ0v) is 14.5. The summed E-state index contributed by atoms with van der Waals surface area (Å²) in [6.45, 7) is 5.87. The SMILES string of the molecule is C=CC[C@@H](C)c1nc2ccccc2c(=O)n1-c1ccccc1Br. The predicted octanol–water partition coefficient (Wildman–Crippen LogP) is 4.83. The van der Waals surface area contributed by atoms with E-state index in [1.807, 2.05) is 54.6 Å². The lowest BCUT2D eigenvalue weighted by molar-refractivity contribution is 0.676. The van der Waals surface area contributed by atoms with Crippen LogP contribution in [0.2, 0.25) is 0 Å². The molecule has 116 valence electrons. The van der Waals surface area contributed by atoms with Crippen LogP contribution in [-0.4, -0.2) is 9.55 Å². The van der Waals surface area contributed by atoms with Gasteiger partial charge in [0.25, 0.3) is 5.56 Å². The maximum absolute atomic E-state index is 13.1. The Morgan fingerprint density at radius 1 is 1.22 bits per heavy atom. The lowest BCUT2D eigenvalue weighted by Gasteiger charge is -2.18. The standard InChI is InChI=1S/C19H17BrN2O/c1-3-8-13(2)18-21-16-11-6-4-9-14(16)19(23)22(18)17-12-7-5-10-15(17)20/h3-7,9-13H,1,8H2,2H3/t13-/m1/s1. The van der Waals surface area contributed by atoms with E-state index in [2.05, 4.69) is 29.4 Å². The molecular formula is C19H17BrN2O. The van der Waals surface area contributed by atoms with Gasteiger partial charge >= 0.3 is 0 Å². The molecule has 0 aliphatic rings. The van der Waals surface area contributed by atoms with Crippen molar-refractivity contribution in [2.75, 3.05) is 0 Å². The fourth-order valence-electron chi connectivity index (χ4n) is 2.70. The van der Waals surface area contributed by atoms with Crippen LogP contribution in [0.1, 0.15) is 25.1 Å². The van der Waals surface area contributed by atoms with Crippen molar-refractivity contribution in [2.24, 2.45) is 0 Å². The number of nitrogens with zero attached hydrogens (tertiary/aromatic N) is 2. The van der Waals surface area contributed by atoms with E-state index < -0.39 is 0 Å². The summed E-state index contributed by atoms with van der Waals surface area (Å²) in [6, 6.07) is 15.2. The Balaban J connectivity index is 2.40. The first-order valence-electron chi connectivity index (χ1n) is 7.51. The van der Waals surface area contributed by atoms with Crippen LogP contribution < -0.4 is 5.56 Å². The van der Waals surface area contributed by atoms with E-state index in [0.717, 1.165) is 27.9 Å². The molecule has 1 heterocycles. The van der Waals surface area contributed by atoms with Crippen LogP contribution in [0.4, 0.5) is 0 Å². The molecule has 0 spiro atoms. The van der Waals surface area contributed by atoms with Gasteiger partial charge in [-0.3, -0.25) is 9.36 Å². The van der Waals surface area contributed by atoms with Crippen molar-refractivity contribution < 1.29 is 0 Å². The van der Waals surface area contributed by atoms with Crippen molar-refractivity contribution >= 4 is 26.8 Å². The monoisotopic (exact) mass is 368 g/mol. The van der Waals surface area contributed by atoms with Crippen LogP contribution in [0.25, 0.3) is 16.6 Å². The number of para-hydroxylation sites is 2.